The molecule has 0 unspecified atom stereocenters. The van der Waals surface area contributed by atoms with Gasteiger partial charge in [0.15, 0.2) is 8.24 Å². The molecule has 1 aliphatic heterocycles. The minimum atomic E-state index is -1.90. The molecule has 2 aliphatic carbocycles. The number of pyridine rings is 2. The smallest absolute Gasteiger partial charge is 0.531 e. The predicted molar refractivity (Wildman–Crippen MR) is 256 cm³/mol. The van der Waals surface area contributed by atoms with E-state index >= 15 is 0 Å². The Morgan fingerprint density at radius 2 is 1.69 bits per heavy atom. The molecule has 5 heterocycles. The van der Waals surface area contributed by atoms with E-state index in [1.165, 1.54) is 22.1 Å². The second-order valence-electron chi connectivity index (χ2n) is 17.9. The monoisotopic (exact) mass is 1000 g/mol. The summed E-state index contributed by atoms with van der Waals surface area (Å²) in [7, 11) is -2.79. The first kappa shape index (κ1) is 46.7. The average Bonchev–Trinajstić information content (AvgIpc) is 3.73. The summed E-state index contributed by atoms with van der Waals surface area (Å²) < 4.78 is 13.8. The summed E-state index contributed by atoms with van der Waals surface area (Å²) in [6.07, 6.45) is 13.7. The molecule has 4 aromatic rings. The number of alkyl carbamates (subject to hydrolysis) is 1. The van der Waals surface area contributed by atoms with E-state index in [1.807, 2.05) is 33.0 Å². The predicted octanol–water partition coefficient (Wildman–Crippen LogP) is 11.3. The van der Waals surface area contributed by atoms with Gasteiger partial charge in [-0.05, 0) is 135 Å². The Hall–Kier alpha value is -2.36. The molecule has 1 amide bonds. The molecule has 0 bridgehead atoms. The summed E-state index contributed by atoms with van der Waals surface area (Å²) in [5.41, 5.74) is 15.3. The summed E-state index contributed by atoms with van der Waals surface area (Å²) in [6, 6.07) is 4.74. The highest BCUT2D eigenvalue weighted by atomic mass is 79.9. The fraction of sp³-hybridized carbons (Fsp3) is 0.548. The van der Waals surface area contributed by atoms with Crippen molar-refractivity contribution in [2.75, 3.05) is 0 Å². The fourth-order valence-corrected chi connectivity index (χ4v) is 16.3. The number of hydrogen-bond acceptors (Lipinski definition) is 7. The van der Waals surface area contributed by atoms with Crippen molar-refractivity contribution in [2.24, 2.45) is 17.6 Å². The van der Waals surface area contributed by atoms with Gasteiger partial charge in [-0.2, -0.15) is 0 Å². The molecular weight excluding hydrogens is 942 g/mol. The van der Waals surface area contributed by atoms with Crippen LogP contribution in [0.25, 0.3) is 33.2 Å². The quantitative estimate of drug-likeness (QED) is 0.129. The Morgan fingerprint density at radius 3 is 2.24 bits per heavy atom. The summed E-state index contributed by atoms with van der Waals surface area (Å²) in [4.78, 5) is 24.6. The average molecular weight is 1000 g/mol. The maximum Gasteiger partial charge on any atom is 0.552 e. The molecule has 10 nitrogen and oxygen atoms in total. The van der Waals surface area contributed by atoms with Crippen LogP contribution in [0, 0.1) is 18.8 Å². The Balaban J connectivity index is 0.000000230. The lowest BCUT2D eigenvalue weighted by molar-refractivity contribution is 0.0467. The Morgan fingerprint density at radius 1 is 1.07 bits per heavy atom. The van der Waals surface area contributed by atoms with Crippen LogP contribution in [0.15, 0.2) is 49.0 Å². The molecule has 0 aromatic carbocycles. The molecule has 0 spiro atoms. The van der Waals surface area contributed by atoms with E-state index in [4.69, 9.17) is 20.1 Å². The molecule has 4 aromatic heterocycles. The highest BCUT2D eigenvalue weighted by Crippen LogP contribution is 2.47. The van der Waals surface area contributed by atoms with Gasteiger partial charge in [0.25, 0.3) is 0 Å². The second kappa shape index (κ2) is 19.1. The minimum absolute atomic E-state index is 0.162. The molecule has 0 radical (unpaired) electrons. The van der Waals surface area contributed by atoms with Gasteiger partial charge in [0, 0.05) is 40.8 Å². The number of nitrogens with zero attached hydrogens (tertiary/aromatic N) is 3. The van der Waals surface area contributed by atoms with E-state index in [9.17, 15) is 9.82 Å². The van der Waals surface area contributed by atoms with Crippen LogP contribution in [0.4, 0.5) is 4.79 Å². The molecular formula is C42H61B2Br3N6O4Si. The van der Waals surface area contributed by atoms with Crippen molar-refractivity contribution in [3.05, 3.63) is 65.7 Å². The first-order valence-electron chi connectivity index (χ1n) is 20.5. The molecule has 7 rings (SSSR count). The number of nitrogens with one attached hydrogen (secondary N) is 2. The topological polar surface area (TPSA) is 140 Å². The Bertz CT molecular complexity index is 2100. The summed E-state index contributed by atoms with van der Waals surface area (Å²) >= 11 is 9.31. The van der Waals surface area contributed by atoms with E-state index < -0.39 is 21.0 Å². The molecule has 58 heavy (non-hydrogen) atoms. The maximum atomic E-state index is 12.2. The van der Waals surface area contributed by atoms with Gasteiger partial charge in [-0.3, -0.25) is 0 Å². The molecule has 314 valence electrons. The third-order valence-electron chi connectivity index (χ3n) is 12.0. The fourth-order valence-electron chi connectivity index (χ4n) is 9.80. The van der Waals surface area contributed by atoms with Gasteiger partial charge in [0.1, 0.15) is 22.6 Å². The van der Waals surface area contributed by atoms with Crippen LogP contribution < -0.4 is 15.7 Å². The summed E-state index contributed by atoms with van der Waals surface area (Å²) in [6.45, 7) is 24.4. The SMILES string of the molecule is BrB(Br)Br.C/C=C(\c1c(C)cnc2c1ccn2[Si](C(C)C)(C(C)C)C(C)C)C1CC(NC(=O)OC(C)(C)C)C1.NC1CC(C2=CB(O)Oc3cnc4[nH]ccc4c32)C1. The number of nitrogens with two attached hydrogens (primary N) is 1. The summed E-state index contributed by atoms with van der Waals surface area (Å²) in [5, 5.41) is 15.2. The van der Waals surface area contributed by atoms with Crippen molar-refractivity contribution in [1.29, 1.82) is 0 Å². The maximum absolute atomic E-state index is 12.2. The number of rotatable bonds is 8. The minimum Gasteiger partial charge on any atom is -0.531 e. The normalized spacial score (nSPS) is 20.6. The lowest BCUT2D eigenvalue weighted by Crippen LogP contribution is -2.51. The van der Waals surface area contributed by atoms with Crippen LogP contribution in [0.3, 0.4) is 0 Å². The van der Waals surface area contributed by atoms with Crippen LogP contribution in [0.2, 0.25) is 16.6 Å². The number of H-pyrrole nitrogens is 1. The first-order chi connectivity index (χ1) is 27.2. The van der Waals surface area contributed by atoms with Crippen LogP contribution in [0.5, 0.6) is 5.75 Å². The molecule has 2 fully saturated rings. The van der Waals surface area contributed by atoms with Crippen LogP contribution >= 0.6 is 47.3 Å². The molecule has 5 N–H and O–H groups in total. The van der Waals surface area contributed by atoms with Gasteiger partial charge in [-0.15, -0.1) is 47.3 Å². The standard InChI is InChI=1S/C29H47N3O2Si.C13H14BN3O2.BBr3/c1-12-24(22-15-23(16-22)31-28(33)34-29(9,10)11)26-21(8)17-30-27-25(26)13-14-32(27)35(18(2)3,19(4)5)20(6)7;15-8-3-7(4-8)10-5-14(18)19-11-6-17-13-9(12(10)11)1-2-16-13;2-1(3)4/h12-14,17-20,22-23H,15-16H2,1-11H3,(H,31,33);1-2,5-8,18H,3-4,15H2,(H,16,17);/b24-12-;;. The number of carbonyl (C=O) groups is 1. The molecule has 2 saturated carbocycles. The van der Waals surface area contributed by atoms with E-state index in [-0.39, 0.29) is 21.4 Å². The van der Waals surface area contributed by atoms with Crippen LogP contribution in [-0.2, 0) is 4.74 Å². The third-order valence-corrected chi connectivity index (χ3v) is 18.8. The Labute approximate surface area is 371 Å². The lowest BCUT2D eigenvalue weighted by atomic mass is 9.68. The van der Waals surface area contributed by atoms with Crippen molar-refractivity contribution >= 4 is 105 Å². The number of ether oxygens (including phenoxy) is 1. The number of aromatic nitrogens is 4. The number of halogens is 3. The van der Waals surface area contributed by atoms with Crippen LogP contribution in [0.1, 0.15) is 112 Å². The number of fused-ring (bicyclic) bond motifs is 4. The summed E-state index contributed by atoms with van der Waals surface area (Å²) in [5.74, 6) is 3.28. The van der Waals surface area contributed by atoms with Gasteiger partial charge in [0.05, 0.1) is 6.20 Å². The number of allylic oxidation sites excluding steroid dienone is 3. The van der Waals surface area contributed by atoms with Gasteiger partial charge in [-0.1, -0.05) is 47.6 Å². The van der Waals surface area contributed by atoms with Crippen molar-refractivity contribution in [3.63, 3.8) is 0 Å². The third kappa shape index (κ3) is 10.0. The highest BCUT2D eigenvalue weighted by Gasteiger charge is 2.46. The molecule has 3 aliphatic rings. The van der Waals surface area contributed by atoms with Crippen molar-refractivity contribution < 1.29 is 19.2 Å². The second-order valence-corrected chi connectivity index (χ2v) is 30.0. The Kier molecular flexibility index (Phi) is 15.4. The van der Waals surface area contributed by atoms with E-state index in [0.29, 0.717) is 34.2 Å². The molecule has 16 heteroatoms. The number of amides is 1. The van der Waals surface area contributed by atoms with Gasteiger partial charge < -0.3 is 34.7 Å². The van der Waals surface area contributed by atoms with Crippen LogP contribution in [-0.4, -0.2) is 66.5 Å². The number of hydrogen-bond donors (Lipinski definition) is 4. The molecule has 0 saturated heterocycles. The van der Waals surface area contributed by atoms with Gasteiger partial charge >= 0.3 is 16.4 Å². The zero-order chi connectivity index (χ0) is 42.9. The zero-order valence-corrected chi connectivity index (χ0v) is 41.6. The first-order valence-corrected chi connectivity index (χ1v) is 25.5. The van der Waals surface area contributed by atoms with Crippen molar-refractivity contribution in [1.82, 2.24) is 24.5 Å². The van der Waals surface area contributed by atoms with Gasteiger partial charge in [0.2, 0.25) is 0 Å². The lowest BCUT2D eigenvalue weighted by Gasteiger charge is -2.44. The highest BCUT2D eigenvalue weighted by molar-refractivity contribution is 9.69. The molecule has 0 atom stereocenters. The number of aromatic amines is 1. The number of aryl methyl sites for hydroxylation is 1. The van der Waals surface area contributed by atoms with Crippen molar-refractivity contribution in [3.8, 4) is 5.75 Å². The van der Waals surface area contributed by atoms with Crippen molar-refractivity contribution in [2.45, 2.75) is 136 Å². The largest absolute Gasteiger partial charge is 0.552 e. The van der Waals surface area contributed by atoms with E-state index in [2.05, 4.69) is 147 Å². The van der Waals surface area contributed by atoms with Gasteiger partial charge in [-0.25, -0.2) is 14.8 Å². The zero-order valence-electron chi connectivity index (χ0n) is 35.9. The van der Waals surface area contributed by atoms with E-state index in [0.717, 1.165) is 53.5 Å². The van der Waals surface area contributed by atoms with E-state index in [1.54, 1.807) is 12.2 Å². The number of carbonyl (C=O) groups excluding carboxylic acids is 1.